The summed E-state index contributed by atoms with van der Waals surface area (Å²) < 4.78 is 2.31. The van der Waals surface area contributed by atoms with E-state index in [1.54, 1.807) is 0 Å². The first kappa shape index (κ1) is 24.9. The number of hydrogen-bond acceptors (Lipinski definition) is 3. The monoisotopic (exact) mass is 550 g/mol. The predicted molar refractivity (Wildman–Crippen MR) is 176 cm³/mol. The molecular weight excluding hydrogens is 524 g/mol. The van der Waals surface area contributed by atoms with Crippen LogP contribution in [0, 0.1) is 0 Å². The number of fused-ring (bicyclic) bond motifs is 3. The van der Waals surface area contributed by atoms with Crippen molar-refractivity contribution in [3.63, 3.8) is 0 Å². The summed E-state index contributed by atoms with van der Waals surface area (Å²) in [6, 6.07) is 48.6. The highest BCUT2D eigenvalue weighted by atomic mass is 15.0. The van der Waals surface area contributed by atoms with E-state index in [0.717, 1.165) is 50.4 Å². The molecule has 8 rings (SSSR count). The van der Waals surface area contributed by atoms with Crippen LogP contribution in [0.15, 0.2) is 158 Å². The largest absolute Gasteiger partial charge is 0.309 e. The van der Waals surface area contributed by atoms with Crippen molar-refractivity contribution in [1.82, 2.24) is 19.5 Å². The summed E-state index contributed by atoms with van der Waals surface area (Å²) in [6.07, 6.45) is 5.62. The second-order valence-corrected chi connectivity index (χ2v) is 10.6. The van der Waals surface area contributed by atoms with Crippen molar-refractivity contribution in [2.45, 2.75) is 0 Å². The Balaban J connectivity index is 1.22. The van der Waals surface area contributed by atoms with Crippen molar-refractivity contribution in [1.29, 1.82) is 0 Å². The van der Waals surface area contributed by atoms with Crippen molar-refractivity contribution in [3.05, 3.63) is 158 Å². The summed E-state index contributed by atoms with van der Waals surface area (Å²) in [5, 5.41) is 2.35. The molecule has 4 aromatic carbocycles. The zero-order chi connectivity index (χ0) is 28.6. The van der Waals surface area contributed by atoms with Gasteiger partial charge in [0, 0.05) is 40.6 Å². The van der Waals surface area contributed by atoms with E-state index in [1.165, 1.54) is 22.0 Å². The van der Waals surface area contributed by atoms with Crippen molar-refractivity contribution in [2.75, 3.05) is 0 Å². The van der Waals surface area contributed by atoms with Gasteiger partial charge in [-0.3, -0.25) is 9.97 Å². The van der Waals surface area contributed by atoms with Gasteiger partial charge in [0.05, 0.1) is 28.1 Å². The predicted octanol–water partition coefficient (Wildman–Crippen LogP) is 9.64. The molecule has 4 nitrogen and oxygen atoms in total. The summed E-state index contributed by atoms with van der Waals surface area (Å²) in [5.74, 6) is 0. The maximum Gasteiger partial charge on any atom is 0.0899 e. The van der Waals surface area contributed by atoms with Crippen LogP contribution in [0.4, 0.5) is 0 Å². The molecule has 0 saturated carbocycles. The minimum Gasteiger partial charge on any atom is -0.309 e. The molecule has 4 heterocycles. The summed E-state index contributed by atoms with van der Waals surface area (Å²) in [6.45, 7) is 0. The second kappa shape index (κ2) is 10.5. The van der Waals surface area contributed by atoms with E-state index in [2.05, 4.69) is 130 Å². The SMILES string of the molecule is c1ccc(-c2ccc(-c3cc(-c4ccc(-n5c6ccccc6c6cnccc65)cc4)cc(-c4ccccn4)n3)cc2)cc1. The molecular formula is C39H26N4. The molecule has 43 heavy (non-hydrogen) atoms. The van der Waals surface area contributed by atoms with Gasteiger partial charge in [-0.2, -0.15) is 0 Å². The van der Waals surface area contributed by atoms with Crippen molar-refractivity contribution >= 4 is 21.8 Å². The van der Waals surface area contributed by atoms with Crippen LogP contribution < -0.4 is 0 Å². The average Bonchev–Trinajstić information content (AvgIpc) is 3.43. The van der Waals surface area contributed by atoms with E-state index in [-0.39, 0.29) is 0 Å². The van der Waals surface area contributed by atoms with Crippen LogP contribution >= 0.6 is 0 Å². The number of nitrogens with zero attached hydrogens (tertiary/aromatic N) is 4. The Bertz CT molecular complexity index is 2150. The first-order valence-electron chi connectivity index (χ1n) is 14.4. The Labute approximate surface area is 249 Å². The van der Waals surface area contributed by atoms with Crippen LogP contribution in [-0.4, -0.2) is 19.5 Å². The molecule has 0 spiro atoms. The first-order chi connectivity index (χ1) is 21.3. The van der Waals surface area contributed by atoms with Gasteiger partial charge in [-0.05, 0) is 70.8 Å². The topological polar surface area (TPSA) is 43.6 Å². The van der Waals surface area contributed by atoms with Gasteiger partial charge in [-0.25, -0.2) is 4.98 Å². The third-order valence-corrected chi connectivity index (χ3v) is 7.97. The Morgan fingerprint density at radius 2 is 1.07 bits per heavy atom. The number of benzene rings is 4. The van der Waals surface area contributed by atoms with Gasteiger partial charge in [0.2, 0.25) is 0 Å². The van der Waals surface area contributed by atoms with Crippen molar-refractivity contribution < 1.29 is 0 Å². The Hall–Kier alpha value is -5.87. The van der Waals surface area contributed by atoms with Gasteiger partial charge < -0.3 is 4.57 Å². The molecule has 0 aliphatic rings. The van der Waals surface area contributed by atoms with Gasteiger partial charge in [-0.1, -0.05) is 91.0 Å². The Morgan fingerprint density at radius 1 is 0.419 bits per heavy atom. The summed E-state index contributed by atoms with van der Waals surface area (Å²) in [5.41, 5.74) is 11.7. The molecule has 0 radical (unpaired) electrons. The zero-order valence-electron chi connectivity index (χ0n) is 23.3. The minimum atomic E-state index is 0.846. The smallest absolute Gasteiger partial charge is 0.0899 e. The van der Waals surface area contributed by atoms with Gasteiger partial charge in [0.1, 0.15) is 0 Å². The molecule has 0 unspecified atom stereocenters. The third-order valence-electron chi connectivity index (χ3n) is 7.97. The van der Waals surface area contributed by atoms with Crippen LogP contribution in [0.25, 0.3) is 72.4 Å². The zero-order valence-corrected chi connectivity index (χ0v) is 23.3. The molecule has 202 valence electrons. The summed E-state index contributed by atoms with van der Waals surface area (Å²) in [7, 11) is 0. The Kier molecular flexibility index (Phi) is 6.08. The van der Waals surface area contributed by atoms with E-state index in [4.69, 9.17) is 4.98 Å². The lowest BCUT2D eigenvalue weighted by molar-refractivity contribution is 1.17. The van der Waals surface area contributed by atoms with Gasteiger partial charge in [-0.15, -0.1) is 0 Å². The number of rotatable bonds is 5. The van der Waals surface area contributed by atoms with E-state index in [1.807, 2.05) is 42.9 Å². The maximum absolute atomic E-state index is 5.06. The molecule has 4 heteroatoms. The van der Waals surface area contributed by atoms with E-state index in [9.17, 15) is 0 Å². The van der Waals surface area contributed by atoms with E-state index >= 15 is 0 Å². The molecule has 0 aliphatic carbocycles. The normalized spacial score (nSPS) is 11.3. The summed E-state index contributed by atoms with van der Waals surface area (Å²) >= 11 is 0. The fourth-order valence-corrected chi connectivity index (χ4v) is 5.85. The van der Waals surface area contributed by atoms with Crippen LogP contribution in [0.3, 0.4) is 0 Å². The number of pyridine rings is 3. The van der Waals surface area contributed by atoms with Crippen LogP contribution in [0.1, 0.15) is 0 Å². The van der Waals surface area contributed by atoms with Gasteiger partial charge in [0.25, 0.3) is 0 Å². The molecule has 0 amide bonds. The molecule has 0 atom stereocenters. The molecule has 8 aromatic rings. The fourth-order valence-electron chi connectivity index (χ4n) is 5.85. The van der Waals surface area contributed by atoms with Gasteiger partial charge >= 0.3 is 0 Å². The molecule has 0 saturated heterocycles. The molecule has 0 bridgehead atoms. The van der Waals surface area contributed by atoms with E-state index in [0.29, 0.717) is 0 Å². The standard InChI is InChI=1S/C39H26N4/c1-2-8-27(9-3-1)28-13-15-30(16-14-28)36-24-31(25-37(42-36)35-11-6-7-22-41-35)29-17-19-32(20-18-29)43-38-12-5-4-10-33(38)34-26-40-23-21-39(34)43/h1-26H. The van der Waals surface area contributed by atoms with Crippen molar-refractivity contribution in [2.24, 2.45) is 0 Å². The second-order valence-electron chi connectivity index (χ2n) is 10.6. The maximum atomic E-state index is 5.06. The lowest BCUT2D eigenvalue weighted by Gasteiger charge is -2.12. The van der Waals surface area contributed by atoms with Crippen LogP contribution in [0.2, 0.25) is 0 Å². The van der Waals surface area contributed by atoms with Crippen LogP contribution in [-0.2, 0) is 0 Å². The highest BCUT2D eigenvalue weighted by molar-refractivity contribution is 6.08. The number of hydrogen-bond donors (Lipinski definition) is 0. The molecule has 0 N–H and O–H groups in total. The summed E-state index contributed by atoms with van der Waals surface area (Å²) in [4.78, 5) is 14.0. The minimum absolute atomic E-state index is 0.846. The van der Waals surface area contributed by atoms with Crippen LogP contribution in [0.5, 0.6) is 0 Å². The molecule has 0 aliphatic heterocycles. The van der Waals surface area contributed by atoms with Crippen molar-refractivity contribution in [3.8, 4) is 50.6 Å². The number of para-hydroxylation sites is 1. The fraction of sp³-hybridized carbons (Fsp3) is 0. The number of aromatic nitrogens is 4. The third kappa shape index (κ3) is 4.55. The van der Waals surface area contributed by atoms with E-state index < -0.39 is 0 Å². The highest BCUT2D eigenvalue weighted by Crippen LogP contribution is 2.34. The molecule has 4 aromatic heterocycles. The first-order valence-corrected chi connectivity index (χ1v) is 14.4. The quantitative estimate of drug-likeness (QED) is 0.214. The van der Waals surface area contributed by atoms with Gasteiger partial charge in [0.15, 0.2) is 0 Å². The lowest BCUT2D eigenvalue weighted by Crippen LogP contribution is -1.95. The molecule has 0 fully saturated rings. The average molecular weight is 551 g/mol. The Morgan fingerprint density at radius 3 is 1.88 bits per heavy atom. The highest BCUT2D eigenvalue weighted by Gasteiger charge is 2.13. The lowest BCUT2D eigenvalue weighted by atomic mass is 9.99.